The maximum atomic E-state index is 12.7. The summed E-state index contributed by atoms with van der Waals surface area (Å²) in [6.45, 7) is 4.27. The highest BCUT2D eigenvalue weighted by Crippen LogP contribution is 2.33. The Balaban J connectivity index is 1.70. The molecule has 0 aromatic heterocycles. The highest BCUT2D eigenvalue weighted by atomic mass is 79.9. The van der Waals surface area contributed by atoms with E-state index in [4.69, 9.17) is 11.6 Å². The van der Waals surface area contributed by atoms with Crippen LogP contribution in [-0.4, -0.2) is 23.3 Å². The van der Waals surface area contributed by atoms with Crippen molar-refractivity contribution in [3.05, 3.63) is 63.1 Å². The molecule has 0 saturated carbocycles. The van der Waals surface area contributed by atoms with Crippen LogP contribution in [0.2, 0.25) is 5.02 Å². The molecule has 136 valence electrons. The first-order valence-electron chi connectivity index (χ1n) is 8.48. The zero-order valence-corrected chi connectivity index (χ0v) is 17.0. The third-order valence-corrected chi connectivity index (χ3v) is 6.25. The highest BCUT2D eigenvalue weighted by molar-refractivity contribution is 9.10. The predicted molar refractivity (Wildman–Crippen MR) is 107 cm³/mol. The molecule has 1 heterocycles. The average Bonchev–Trinajstić information content (AvgIpc) is 3.04. The Kier molecular flexibility index (Phi) is 5.68. The second-order valence-corrected chi connectivity index (χ2v) is 7.79. The fourth-order valence-corrected chi connectivity index (χ4v) is 3.81. The molecule has 0 radical (unpaired) electrons. The van der Waals surface area contributed by atoms with Crippen molar-refractivity contribution in [1.82, 2.24) is 4.90 Å². The van der Waals surface area contributed by atoms with Crippen molar-refractivity contribution in [2.24, 2.45) is 5.92 Å². The number of nitrogens with zero attached hydrogens (tertiary/aromatic N) is 1. The summed E-state index contributed by atoms with van der Waals surface area (Å²) >= 11 is 9.59. The van der Waals surface area contributed by atoms with Gasteiger partial charge >= 0.3 is 0 Å². The smallest absolute Gasteiger partial charge is 0.229 e. The number of carbonyl (C=O) groups is 2. The predicted octanol–water partition coefficient (Wildman–Crippen LogP) is 4.96. The Morgan fingerprint density at radius 2 is 1.96 bits per heavy atom. The zero-order chi connectivity index (χ0) is 18.8. The number of hydrogen-bond acceptors (Lipinski definition) is 2. The summed E-state index contributed by atoms with van der Waals surface area (Å²) in [7, 11) is 0. The topological polar surface area (TPSA) is 49.4 Å². The van der Waals surface area contributed by atoms with E-state index in [1.54, 1.807) is 11.0 Å². The Morgan fingerprint density at radius 1 is 1.27 bits per heavy atom. The minimum Gasteiger partial charge on any atom is -0.335 e. The third-order valence-electron chi connectivity index (χ3n) is 4.88. The van der Waals surface area contributed by atoms with Crippen molar-refractivity contribution in [1.29, 1.82) is 0 Å². The van der Waals surface area contributed by atoms with Crippen LogP contribution in [0.1, 0.15) is 30.5 Å². The van der Waals surface area contributed by atoms with Crippen LogP contribution in [0.5, 0.6) is 0 Å². The molecule has 0 aliphatic carbocycles. The van der Waals surface area contributed by atoms with Gasteiger partial charge in [-0.3, -0.25) is 9.59 Å². The number of nitrogens with one attached hydrogen (secondary N) is 1. The lowest BCUT2D eigenvalue weighted by Crippen LogP contribution is -2.30. The van der Waals surface area contributed by atoms with Crippen molar-refractivity contribution in [3.63, 3.8) is 0 Å². The first kappa shape index (κ1) is 18.9. The van der Waals surface area contributed by atoms with Crippen LogP contribution in [0.4, 0.5) is 5.69 Å². The molecule has 1 fully saturated rings. The van der Waals surface area contributed by atoms with Crippen molar-refractivity contribution in [3.8, 4) is 0 Å². The van der Waals surface area contributed by atoms with Crippen LogP contribution in [0.3, 0.4) is 0 Å². The molecule has 2 aromatic rings. The second kappa shape index (κ2) is 7.80. The van der Waals surface area contributed by atoms with E-state index in [9.17, 15) is 9.59 Å². The lowest BCUT2D eigenvalue weighted by molar-refractivity contribution is -0.129. The van der Waals surface area contributed by atoms with Gasteiger partial charge in [-0.1, -0.05) is 41.9 Å². The van der Waals surface area contributed by atoms with E-state index in [2.05, 4.69) is 21.2 Å². The molecule has 1 saturated heterocycles. The van der Waals surface area contributed by atoms with Gasteiger partial charge in [0.15, 0.2) is 0 Å². The van der Waals surface area contributed by atoms with E-state index in [0.29, 0.717) is 17.3 Å². The van der Waals surface area contributed by atoms with Gasteiger partial charge in [-0.25, -0.2) is 0 Å². The summed E-state index contributed by atoms with van der Waals surface area (Å²) in [5, 5.41) is 3.49. The molecular formula is C20H20BrClN2O2. The first-order chi connectivity index (χ1) is 12.4. The maximum Gasteiger partial charge on any atom is 0.229 e. The van der Waals surface area contributed by atoms with Crippen LogP contribution in [0.25, 0.3) is 0 Å². The minimum atomic E-state index is -0.365. The summed E-state index contributed by atoms with van der Waals surface area (Å²) < 4.78 is 0.786. The monoisotopic (exact) mass is 434 g/mol. The Hall–Kier alpha value is -1.85. The quantitative estimate of drug-likeness (QED) is 0.738. The molecule has 3 rings (SSSR count). The fourth-order valence-electron chi connectivity index (χ4n) is 3.22. The van der Waals surface area contributed by atoms with Crippen LogP contribution >= 0.6 is 27.5 Å². The van der Waals surface area contributed by atoms with Gasteiger partial charge in [0.2, 0.25) is 11.8 Å². The largest absolute Gasteiger partial charge is 0.335 e. The van der Waals surface area contributed by atoms with Crippen molar-refractivity contribution < 1.29 is 9.59 Å². The van der Waals surface area contributed by atoms with E-state index in [-0.39, 0.29) is 30.2 Å². The summed E-state index contributed by atoms with van der Waals surface area (Å²) in [4.78, 5) is 26.9. The number of halogens is 2. The first-order valence-corrected chi connectivity index (χ1v) is 9.65. The van der Waals surface area contributed by atoms with Gasteiger partial charge < -0.3 is 10.2 Å². The third kappa shape index (κ3) is 3.79. The molecule has 2 amide bonds. The number of carbonyl (C=O) groups excluding carboxylic acids is 2. The van der Waals surface area contributed by atoms with E-state index < -0.39 is 0 Å². The second-order valence-electron chi connectivity index (χ2n) is 6.56. The van der Waals surface area contributed by atoms with Crippen LogP contribution < -0.4 is 5.32 Å². The lowest BCUT2D eigenvalue weighted by Gasteiger charge is -2.25. The van der Waals surface area contributed by atoms with Gasteiger partial charge in [0.25, 0.3) is 0 Å². The summed E-state index contributed by atoms with van der Waals surface area (Å²) in [5.41, 5.74) is 2.54. The fraction of sp³-hybridized carbons (Fsp3) is 0.300. The molecule has 26 heavy (non-hydrogen) atoms. The Bertz CT molecular complexity index is 841. The molecule has 2 aromatic carbocycles. The van der Waals surface area contributed by atoms with Gasteiger partial charge in [0.1, 0.15) is 0 Å². The maximum absolute atomic E-state index is 12.7. The molecular weight excluding hydrogens is 416 g/mol. The lowest BCUT2D eigenvalue weighted by atomic mass is 10.1. The number of benzene rings is 2. The molecule has 0 unspecified atom stereocenters. The number of amides is 2. The van der Waals surface area contributed by atoms with Gasteiger partial charge in [-0.15, -0.1) is 0 Å². The van der Waals surface area contributed by atoms with Gasteiger partial charge in [-0.2, -0.15) is 0 Å². The molecule has 4 nitrogen and oxygen atoms in total. The SMILES string of the molecule is Cc1c(NC(=O)[C@H]2CC(=O)N([C@@H](C)c3ccccc3)C2)ccc(Br)c1Cl. The van der Waals surface area contributed by atoms with Crippen molar-refractivity contribution in [2.45, 2.75) is 26.3 Å². The van der Waals surface area contributed by atoms with Gasteiger partial charge in [0.05, 0.1) is 17.0 Å². The van der Waals surface area contributed by atoms with E-state index >= 15 is 0 Å². The minimum absolute atomic E-state index is 0.00654. The van der Waals surface area contributed by atoms with Crippen molar-refractivity contribution in [2.75, 3.05) is 11.9 Å². The molecule has 1 aliphatic rings. The molecule has 1 N–H and O–H groups in total. The Morgan fingerprint density at radius 3 is 2.65 bits per heavy atom. The molecule has 0 bridgehead atoms. The standard InChI is InChI=1S/C20H20BrClN2O2/c1-12-17(9-8-16(21)19(12)22)23-20(26)15-10-18(25)24(11-15)13(2)14-6-4-3-5-7-14/h3-9,13,15H,10-11H2,1-2H3,(H,23,26)/t13-,15-/m0/s1. The number of anilines is 1. The van der Waals surface area contributed by atoms with E-state index in [1.165, 1.54) is 0 Å². The van der Waals surface area contributed by atoms with Gasteiger partial charge in [-0.05, 0) is 53.0 Å². The molecule has 1 aliphatic heterocycles. The van der Waals surface area contributed by atoms with Crippen LogP contribution in [-0.2, 0) is 9.59 Å². The number of likely N-dealkylation sites (tertiary alicyclic amines) is 1. The number of hydrogen-bond donors (Lipinski definition) is 1. The molecule has 6 heteroatoms. The van der Waals surface area contributed by atoms with Crippen molar-refractivity contribution >= 4 is 45.0 Å². The summed E-state index contributed by atoms with van der Waals surface area (Å²) in [5.74, 6) is -0.509. The normalized spacial score (nSPS) is 18.1. The summed E-state index contributed by atoms with van der Waals surface area (Å²) in [6, 6.07) is 13.4. The van der Waals surface area contributed by atoms with E-state index in [1.807, 2.05) is 50.2 Å². The average molecular weight is 436 g/mol. The van der Waals surface area contributed by atoms with Crippen LogP contribution in [0, 0.1) is 12.8 Å². The Labute approximate surface area is 166 Å². The van der Waals surface area contributed by atoms with Gasteiger partial charge in [0, 0.05) is 23.1 Å². The number of rotatable bonds is 4. The van der Waals surface area contributed by atoms with Crippen LogP contribution in [0.15, 0.2) is 46.9 Å². The summed E-state index contributed by atoms with van der Waals surface area (Å²) in [6.07, 6.45) is 0.228. The van der Waals surface area contributed by atoms with E-state index in [0.717, 1.165) is 15.6 Å². The molecule has 0 spiro atoms. The molecule has 2 atom stereocenters. The zero-order valence-electron chi connectivity index (χ0n) is 14.6. The highest BCUT2D eigenvalue weighted by Gasteiger charge is 2.37.